The maximum Gasteiger partial charge on any atom is 0.303 e. The highest BCUT2D eigenvalue weighted by Crippen LogP contribution is 2.30. The van der Waals surface area contributed by atoms with Crippen molar-refractivity contribution in [1.82, 2.24) is 0 Å². The van der Waals surface area contributed by atoms with Crippen LogP contribution in [-0.4, -0.2) is 23.6 Å². The molecule has 0 aromatic carbocycles. The van der Waals surface area contributed by atoms with Gasteiger partial charge in [0.15, 0.2) is 0 Å². The van der Waals surface area contributed by atoms with E-state index in [-0.39, 0.29) is 18.0 Å². The minimum Gasteiger partial charge on any atom is -0.458 e. The monoisotopic (exact) mass is 240 g/mol. The lowest BCUT2D eigenvalue weighted by atomic mass is 9.88. The summed E-state index contributed by atoms with van der Waals surface area (Å²) in [5.41, 5.74) is -0.720. The van der Waals surface area contributed by atoms with E-state index in [4.69, 9.17) is 9.47 Å². The maximum absolute atomic E-state index is 11.2. The Morgan fingerprint density at radius 3 is 2.41 bits per heavy atom. The summed E-state index contributed by atoms with van der Waals surface area (Å²) in [5.74, 6) is -0.674. The fourth-order valence-corrected chi connectivity index (χ4v) is 2.15. The van der Waals surface area contributed by atoms with Gasteiger partial charge in [-0.15, -0.1) is 0 Å². The van der Waals surface area contributed by atoms with Crippen LogP contribution in [0.4, 0.5) is 0 Å². The molecule has 0 saturated carbocycles. The van der Waals surface area contributed by atoms with Gasteiger partial charge in [0.25, 0.3) is 0 Å². The van der Waals surface area contributed by atoms with E-state index in [0.29, 0.717) is 12.8 Å². The number of carbonyl (C=O) groups is 2. The largest absolute Gasteiger partial charge is 0.458 e. The molecule has 0 aromatic rings. The Labute approximate surface area is 102 Å². The Morgan fingerprint density at radius 2 is 1.82 bits per heavy atom. The van der Waals surface area contributed by atoms with Crippen LogP contribution >= 0.6 is 0 Å². The van der Waals surface area contributed by atoms with Crippen molar-refractivity contribution in [3.8, 4) is 0 Å². The van der Waals surface area contributed by atoms with Crippen molar-refractivity contribution in [3.05, 3.63) is 12.2 Å². The van der Waals surface area contributed by atoms with Crippen LogP contribution in [0.25, 0.3) is 0 Å². The van der Waals surface area contributed by atoms with E-state index in [9.17, 15) is 9.59 Å². The van der Waals surface area contributed by atoms with Gasteiger partial charge in [-0.1, -0.05) is 12.2 Å². The molecule has 0 bridgehead atoms. The molecule has 0 saturated heterocycles. The summed E-state index contributed by atoms with van der Waals surface area (Å²) in [4.78, 5) is 22.3. The summed E-state index contributed by atoms with van der Waals surface area (Å²) >= 11 is 0. The molecule has 4 nitrogen and oxygen atoms in total. The molecule has 1 rings (SSSR count). The molecule has 0 N–H and O–H groups in total. The van der Waals surface area contributed by atoms with E-state index in [2.05, 4.69) is 12.2 Å². The number of hydrogen-bond acceptors (Lipinski definition) is 4. The summed E-state index contributed by atoms with van der Waals surface area (Å²) in [6, 6.07) is 0. The predicted molar refractivity (Wildman–Crippen MR) is 63.3 cm³/mol. The number of esters is 2. The number of allylic oxidation sites excluding steroid dienone is 2. The van der Waals surface area contributed by atoms with Gasteiger partial charge in [-0.25, -0.2) is 0 Å². The molecule has 0 spiro atoms. The van der Waals surface area contributed by atoms with Crippen molar-refractivity contribution in [2.45, 2.75) is 58.2 Å². The molecule has 2 unspecified atom stereocenters. The van der Waals surface area contributed by atoms with Gasteiger partial charge in [0, 0.05) is 13.8 Å². The lowest BCUT2D eigenvalue weighted by Gasteiger charge is -2.36. The highest BCUT2D eigenvalue weighted by atomic mass is 16.6. The van der Waals surface area contributed by atoms with Crippen LogP contribution in [0.5, 0.6) is 0 Å². The normalized spacial score (nSPS) is 29.0. The second-order valence-corrected chi connectivity index (χ2v) is 4.59. The van der Waals surface area contributed by atoms with E-state index in [1.807, 2.05) is 6.92 Å². The van der Waals surface area contributed by atoms with Crippen molar-refractivity contribution >= 4 is 11.9 Å². The first kappa shape index (κ1) is 13.7. The van der Waals surface area contributed by atoms with Gasteiger partial charge in [-0.05, 0) is 32.6 Å². The first-order valence-corrected chi connectivity index (χ1v) is 5.96. The van der Waals surface area contributed by atoms with Gasteiger partial charge in [-0.2, -0.15) is 0 Å². The van der Waals surface area contributed by atoms with E-state index in [1.54, 1.807) is 0 Å². The third-order valence-corrected chi connectivity index (χ3v) is 2.94. The van der Waals surface area contributed by atoms with E-state index in [1.165, 1.54) is 13.8 Å². The molecule has 2 atom stereocenters. The lowest BCUT2D eigenvalue weighted by Crippen LogP contribution is -2.46. The highest BCUT2D eigenvalue weighted by molar-refractivity contribution is 5.67. The quantitative estimate of drug-likeness (QED) is 0.549. The van der Waals surface area contributed by atoms with Gasteiger partial charge in [0.2, 0.25) is 0 Å². The Bertz CT molecular complexity index is 321. The van der Waals surface area contributed by atoms with Gasteiger partial charge >= 0.3 is 11.9 Å². The summed E-state index contributed by atoms with van der Waals surface area (Å²) in [5, 5.41) is 0. The maximum atomic E-state index is 11.2. The topological polar surface area (TPSA) is 52.6 Å². The molecule has 0 fully saturated rings. The molecule has 0 heterocycles. The Hall–Kier alpha value is -1.32. The van der Waals surface area contributed by atoms with E-state index >= 15 is 0 Å². The molecule has 0 radical (unpaired) electrons. The van der Waals surface area contributed by atoms with Crippen LogP contribution in [0, 0.1) is 0 Å². The number of hydrogen-bond donors (Lipinski definition) is 0. The van der Waals surface area contributed by atoms with Crippen molar-refractivity contribution in [2.24, 2.45) is 0 Å². The Morgan fingerprint density at radius 1 is 1.18 bits per heavy atom. The number of carbonyl (C=O) groups excluding carboxylic acids is 2. The van der Waals surface area contributed by atoms with Gasteiger partial charge in [0.05, 0.1) is 0 Å². The third-order valence-electron chi connectivity index (χ3n) is 2.94. The molecule has 96 valence electrons. The average Bonchev–Trinajstić information content (AvgIpc) is 2.17. The Kier molecular flexibility index (Phi) is 4.73. The van der Waals surface area contributed by atoms with Crippen LogP contribution in [0.3, 0.4) is 0 Å². The highest BCUT2D eigenvalue weighted by Gasteiger charge is 2.39. The summed E-state index contributed by atoms with van der Waals surface area (Å²) < 4.78 is 10.7. The van der Waals surface area contributed by atoms with Gasteiger partial charge in [0.1, 0.15) is 11.7 Å². The molecule has 1 aliphatic rings. The number of rotatable bonds is 2. The zero-order valence-corrected chi connectivity index (χ0v) is 10.7. The summed E-state index contributed by atoms with van der Waals surface area (Å²) in [6.45, 7) is 4.59. The molecule has 1 aliphatic carbocycles. The molecular formula is C13H20O4. The van der Waals surface area contributed by atoms with Crippen LogP contribution in [-0.2, 0) is 19.1 Å². The van der Waals surface area contributed by atoms with Crippen LogP contribution < -0.4 is 0 Å². The van der Waals surface area contributed by atoms with E-state index in [0.717, 1.165) is 12.8 Å². The summed E-state index contributed by atoms with van der Waals surface area (Å²) in [7, 11) is 0. The first-order valence-electron chi connectivity index (χ1n) is 5.96. The SMILES string of the molecule is CC(=O)OC1CCC=CCCC1(C)OC(C)=O. The standard InChI is InChI=1S/C13H20O4/c1-10(14)16-12-8-6-4-5-7-9-13(12,3)17-11(2)15/h4-5,12H,6-9H2,1-3H3. The van der Waals surface area contributed by atoms with Crippen LogP contribution in [0.1, 0.15) is 46.5 Å². The van der Waals surface area contributed by atoms with Gasteiger partial charge in [-0.3, -0.25) is 9.59 Å². The second-order valence-electron chi connectivity index (χ2n) is 4.59. The van der Waals surface area contributed by atoms with Gasteiger partial charge < -0.3 is 9.47 Å². The molecule has 4 heteroatoms. The zero-order chi connectivity index (χ0) is 12.9. The molecule has 17 heavy (non-hydrogen) atoms. The third kappa shape index (κ3) is 4.21. The molecule has 0 aliphatic heterocycles. The Balaban J connectivity index is 2.85. The van der Waals surface area contributed by atoms with E-state index < -0.39 is 5.60 Å². The molecule has 0 aromatic heterocycles. The fraction of sp³-hybridized carbons (Fsp3) is 0.692. The van der Waals surface area contributed by atoms with Crippen molar-refractivity contribution in [1.29, 1.82) is 0 Å². The first-order chi connectivity index (χ1) is 7.94. The van der Waals surface area contributed by atoms with Crippen LogP contribution in [0.2, 0.25) is 0 Å². The van der Waals surface area contributed by atoms with Crippen molar-refractivity contribution in [3.63, 3.8) is 0 Å². The zero-order valence-electron chi connectivity index (χ0n) is 10.7. The predicted octanol–water partition coefficient (Wildman–Crippen LogP) is 2.37. The second kappa shape index (κ2) is 5.84. The van der Waals surface area contributed by atoms with Crippen molar-refractivity contribution in [2.75, 3.05) is 0 Å². The number of ether oxygens (including phenoxy) is 2. The minimum absolute atomic E-state index is 0.335. The lowest BCUT2D eigenvalue weighted by molar-refractivity contribution is -0.183. The van der Waals surface area contributed by atoms with Crippen molar-refractivity contribution < 1.29 is 19.1 Å². The molecule has 0 amide bonds. The smallest absolute Gasteiger partial charge is 0.303 e. The average molecular weight is 240 g/mol. The molecular weight excluding hydrogens is 220 g/mol. The fourth-order valence-electron chi connectivity index (χ4n) is 2.15. The summed E-state index contributed by atoms with van der Waals surface area (Å²) in [6.07, 6.45) is 6.78. The minimum atomic E-state index is -0.720. The van der Waals surface area contributed by atoms with Crippen LogP contribution in [0.15, 0.2) is 12.2 Å².